The third kappa shape index (κ3) is 4.41. The zero-order chi connectivity index (χ0) is 15.2. The minimum atomic E-state index is -0.331. The van der Waals surface area contributed by atoms with E-state index in [1.807, 2.05) is 0 Å². The van der Waals surface area contributed by atoms with E-state index in [1.54, 1.807) is 24.4 Å². The summed E-state index contributed by atoms with van der Waals surface area (Å²) < 4.78 is 0.772. The van der Waals surface area contributed by atoms with Crippen LogP contribution >= 0.6 is 27.5 Å². The monoisotopic (exact) mass is 368 g/mol. The van der Waals surface area contributed by atoms with E-state index in [-0.39, 0.29) is 11.6 Å². The molecule has 1 aromatic heterocycles. The van der Waals surface area contributed by atoms with E-state index in [2.05, 4.69) is 43.5 Å². The number of amides is 1. The highest BCUT2D eigenvalue weighted by Crippen LogP contribution is 2.25. The second kappa shape index (κ2) is 7.38. The summed E-state index contributed by atoms with van der Waals surface area (Å²) in [6.07, 6.45) is 3.97. The van der Waals surface area contributed by atoms with E-state index in [0.29, 0.717) is 16.5 Å². The number of halogens is 2. The molecule has 5 nitrogen and oxygen atoms in total. The molecule has 21 heavy (non-hydrogen) atoms. The summed E-state index contributed by atoms with van der Waals surface area (Å²) >= 11 is 9.27. The van der Waals surface area contributed by atoms with Crippen LogP contribution in [0.15, 0.2) is 35.1 Å². The van der Waals surface area contributed by atoms with Gasteiger partial charge in [-0.15, -0.1) is 0 Å². The lowest BCUT2D eigenvalue weighted by Crippen LogP contribution is -2.14. The second-order valence-corrected chi connectivity index (χ2v) is 5.56. The lowest BCUT2D eigenvalue weighted by Gasteiger charge is -2.07. The van der Waals surface area contributed by atoms with Gasteiger partial charge in [0.05, 0.1) is 17.4 Å². The minimum absolute atomic E-state index is 0.246. The molecule has 1 aromatic carbocycles. The van der Waals surface area contributed by atoms with Gasteiger partial charge in [-0.05, 0) is 40.5 Å². The number of hydrogen-bond acceptors (Lipinski definition) is 4. The average molecular weight is 370 g/mol. The number of nitrogens with zero attached hydrogens (tertiary/aromatic N) is 2. The van der Waals surface area contributed by atoms with E-state index in [1.165, 1.54) is 6.20 Å². The summed E-state index contributed by atoms with van der Waals surface area (Å²) in [7, 11) is 0. The van der Waals surface area contributed by atoms with Gasteiger partial charge in [0.25, 0.3) is 5.91 Å². The smallest absolute Gasteiger partial charge is 0.275 e. The maximum Gasteiger partial charge on any atom is 0.275 e. The Balaban J connectivity index is 2.04. The lowest BCUT2D eigenvalue weighted by molar-refractivity contribution is 0.102. The van der Waals surface area contributed by atoms with E-state index in [0.717, 1.165) is 17.4 Å². The first kappa shape index (κ1) is 15.7. The maximum atomic E-state index is 12.0. The van der Waals surface area contributed by atoms with Crippen molar-refractivity contribution in [3.05, 3.63) is 45.8 Å². The van der Waals surface area contributed by atoms with Crippen LogP contribution < -0.4 is 10.6 Å². The predicted octanol–water partition coefficient (Wildman–Crippen LogP) is 3.97. The summed E-state index contributed by atoms with van der Waals surface area (Å²) in [5, 5.41) is 6.34. The molecule has 0 aliphatic carbocycles. The molecule has 0 saturated carbocycles. The molecule has 0 unspecified atom stereocenters. The quantitative estimate of drug-likeness (QED) is 0.837. The molecular weight excluding hydrogens is 356 g/mol. The Morgan fingerprint density at radius 3 is 2.76 bits per heavy atom. The summed E-state index contributed by atoms with van der Waals surface area (Å²) in [5.74, 6) is 0.322. The van der Waals surface area contributed by atoms with Crippen molar-refractivity contribution < 1.29 is 4.79 Å². The molecule has 0 aliphatic rings. The van der Waals surface area contributed by atoms with Crippen molar-refractivity contribution in [2.45, 2.75) is 13.3 Å². The van der Waals surface area contributed by atoms with Crippen LogP contribution in [0.3, 0.4) is 0 Å². The van der Waals surface area contributed by atoms with Crippen LogP contribution in [-0.4, -0.2) is 22.4 Å². The number of nitrogens with one attached hydrogen (secondary N) is 2. The molecule has 7 heteroatoms. The fraction of sp³-hybridized carbons (Fsp3) is 0.214. The topological polar surface area (TPSA) is 66.9 Å². The van der Waals surface area contributed by atoms with Crippen LogP contribution in [-0.2, 0) is 0 Å². The Kier molecular flexibility index (Phi) is 5.52. The second-order valence-electron chi connectivity index (χ2n) is 4.30. The SMILES string of the molecule is CCCNc1cnc(C(=O)Nc2ccc(Br)c(Cl)c2)cn1. The van der Waals surface area contributed by atoms with Crippen LogP contribution in [0.5, 0.6) is 0 Å². The molecule has 0 radical (unpaired) electrons. The predicted molar refractivity (Wildman–Crippen MR) is 87.9 cm³/mol. The minimum Gasteiger partial charge on any atom is -0.369 e. The highest BCUT2D eigenvalue weighted by atomic mass is 79.9. The Bertz CT molecular complexity index is 633. The Morgan fingerprint density at radius 1 is 1.33 bits per heavy atom. The Hall–Kier alpha value is -1.66. The van der Waals surface area contributed by atoms with E-state index in [9.17, 15) is 4.79 Å². The van der Waals surface area contributed by atoms with Gasteiger partial charge in [0, 0.05) is 16.7 Å². The van der Waals surface area contributed by atoms with Gasteiger partial charge in [0.1, 0.15) is 11.5 Å². The molecule has 110 valence electrons. The lowest BCUT2D eigenvalue weighted by atomic mass is 10.3. The molecule has 0 fully saturated rings. The highest BCUT2D eigenvalue weighted by molar-refractivity contribution is 9.10. The van der Waals surface area contributed by atoms with Crippen LogP contribution in [0, 0.1) is 0 Å². The number of benzene rings is 1. The van der Waals surface area contributed by atoms with Crippen molar-refractivity contribution in [1.29, 1.82) is 0 Å². The van der Waals surface area contributed by atoms with Crippen LogP contribution in [0.25, 0.3) is 0 Å². The fourth-order valence-corrected chi connectivity index (χ4v) is 1.99. The van der Waals surface area contributed by atoms with Gasteiger partial charge in [0.15, 0.2) is 0 Å². The molecule has 2 N–H and O–H groups in total. The fourth-order valence-electron chi connectivity index (χ4n) is 1.56. The van der Waals surface area contributed by atoms with Gasteiger partial charge in [-0.3, -0.25) is 4.79 Å². The van der Waals surface area contributed by atoms with Crippen molar-refractivity contribution in [1.82, 2.24) is 9.97 Å². The average Bonchev–Trinajstić information content (AvgIpc) is 2.49. The normalized spacial score (nSPS) is 10.2. The first-order chi connectivity index (χ1) is 10.1. The molecule has 1 heterocycles. The van der Waals surface area contributed by atoms with E-state index in [4.69, 9.17) is 11.6 Å². The number of rotatable bonds is 5. The zero-order valence-corrected chi connectivity index (χ0v) is 13.7. The van der Waals surface area contributed by atoms with Gasteiger partial charge < -0.3 is 10.6 Å². The van der Waals surface area contributed by atoms with Gasteiger partial charge in [-0.1, -0.05) is 18.5 Å². The van der Waals surface area contributed by atoms with Crippen LogP contribution in [0.4, 0.5) is 11.5 Å². The summed E-state index contributed by atoms with van der Waals surface area (Å²) in [6.45, 7) is 2.88. The Labute approximate surface area is 136 Å². The molecule has 0 aliphatic heterocycles. The van der Waals surface area contributed by atoms with Gasteiger partial charge in [-0.25, -0.2) is 9.97 Å². The molecular formula is C14H14BrClN4O. The molecule has 0 spiro atoms. The van der Waals surface area contributed by atoms with Gasteiger partial charge >= 0.3 is 0 Å². The number of carbonyl (C=O) groups excluding carboxylic acids is 1. The number of carbonyl (C=O) groups is 1. The molecule has 0 bridgehead atoms. The first-order valence-electron chi connectivity index (χ1n) is 6.42. The summed E-state index contributed by atoms with van der Waals surface area (Å²) in [6, 6.07) is 5.17. The third-order valence-electron chi connectivity index (χ3n) is 2.62. The number of anilines is 2. The van der Waals surface area contributed by atoms with Gasteiger partial charge in [0.2, 0.25) is 0 Å². The summed E-state index contributed by atoms with van der Waals surface area (Å²) in [4.78, 5) is 20.3. The molecule has 2 rings (SSSR count). The zero-order valence-electron chi connectivity index (χ0n) is 11.4. The molecule has 0 saturated heterocycles. The maximum absolute atomic E-state index is 12.0. The Morgan fingerprint density at radius 2 is 2.14 bits per heavy atom. The van der Waals surface area contributed by atoms with Gasteiger partial charge in [-0.2, -0.15) is 0 Å². The standard InChI is InChI=1S/C14H14BrClN4O/c1-2-5-17-13-8-18-12(7-19-13)14(21)20-9-3-4-10(15)11(16)6-9/h3-4,6-8H,2,5H2,1H3,(H,17,19)(H,20,21). The first-order valence-corrected chi connectivity index (χ1v) is 7.59. The molecule has 1 amide bonds. The van der Waals surface area contributed by atoms with Crippen molar-refractivity contribution in [3.8, 4) is 0 Å². The van der Waals surface area contributed by atoms with Crippen LogP contribution in [0.2, 0.25) is 5.02 Å². The third-order valence-corrected chi connectivity index (χ3v) is 3.85. The van der Waals surface area contributed by atoms with E-state index >= 15 is 0 Å². The van der Waals surface area contributed by atoms with E-state index < -0.39 is 0 Å². The molecule has 2 aromatic rings. The van der Waals surface area contributed by atoms with Crippen molar-refractivity contribution >= 4 is 44.9 Å². The van der Waals surface area contributed by atoms with Crippen molar-refractivity contribution in [2.75, 3.05) is 17.2 Å². The summed E-state index contributed by atoms with van der Waals surface area (Å²) in [5.41, 5.74) is 0.847. The van der Waals surface area contributed by atoms with Crippen molar-refractivity contribution in [3.63, 3.8) is 0 Å². The van der Waals surface area contributed by atoms with Crippen LogP contribution in [0.1, 0.15) is 23.8 Å². The largest absolute Gasteiger partial charge is 0.369 e. The highest BCUT2D eigenvalue weighted by Gasteiger charge is 2.09. The molecule has 0 atom stereocenters. The van der Waals surface area contributed by atoms with Crippen molar-refractivity contribution in [2.24, 2.45) is 0 Å². The number of aromatic nitrogens is 2. The number of hydrogen-bond donors (Lipinski definition) is 2.